The van der Waals surface area contributed by atoms with Gasteiger partial charge in [0.2, 0.25) is 5.91 Å². The van der Waals surface area contributed by atoms with Crippen molar-refractivity contribution < 1.29 is 14.3 Å². The molecular formula is C22H27N3O3. The van der Waals surface area contributed by atoms with E-state index in [1.54, 1.807) is 12.1 Å². The largest absolute Gasteiger partial charge is 0.478 e. The molecule has 6 heteroatoms. The Labute approximate surface area is 165 Å². The zero-order chi connectivity index (χ0) is 19.8. The monoisotopic (exact) mass is 381 g/mol. The summed E-state index contributed by atoms with van der Waals surface area (Å²) in [7, 11) is 0. The van der Waals surface area contributed by atoms with E-state index in [1.807, 2.05) is 30.3 Å². The number of benzene rings is 2. The molecule has 0 spiro atoms. The molecule has 0 fully saturated rings. The molecule has 2 aromatic rings. The number of nitrogens with zero attached hydrogens (tertiary/aromatic N) is 1. The third kappa shape index (κ3) is 5.57. The smallest absolute Gasteiger partial charge is 0.266 e. The number of anilines is 1. The molecule has 1 heterocycles. The van der Waals surface area contributed by atoms with Crippen LogP contribution in [0.5, 0.6) is 5.75 Å². The fourth-order valence-corrected chi connectivity index (χ4v) is 3.19. The summed E-state index contributed by atoms with van der Waals surface area (Å²) in [5, 5.41) is 5.67. The van der Waals surface area contributed by atoms with Crippen LogP contribution in [0.25, 0.3) is 0 Å². The van der Waals surface area contributed by atoms with Crippen LogP contribution in [-0.2, 0) is 16.1 Å². The van der Waals surface area contributed by atoms with E-state index >= 15 is 0 Å². The molecule has 28 heavy (non-hydrogen) atoms. The van der Waals surface area contributed by atoms with Crippen LogP contribution in [0.1, 0.15) is 25.3 Å². The number of fused-ring (bicyclic) bond motifs is 1. The summed E-state index contributed by atoms with van der Waals surface area (Å²) >= 11 is 0. The topological polar surface area (TPSA) is 70.7 Å². The number of amides is 2. The third-order valence-electron chi connectivity index (χ3n) is 4.75. The minimum absolute atomic E-state index is 0.0156. The highest BCUT2D eigenvalue weighted by Crippen LogP contribution is 2.29. The number of carbonyl (C=O) groups is 2. The highest BCUT2D eigenvalue weighted by atomic mass is 16.5. The summed E-state index contributed by atoms with van der Waals surface area (Å²) in [6.07, 6.45) is 0.0781. The maximum atomic E-state index is 12.2. The molecule has 0 aromatic heterocycles. The lowest BCUT2D eigenvalue weighted by atomic mass is 10.1. The van der Waals surface area contributed by atoms with Crippen LogP contribution in [0.15, 0.2) is 54.6 Å². The van der Waals surface area contributed by atoms with Gasteiger partial charge >= 0.3 is 0 Å². The molecule has 2 amide bonds. The molecular weight excluding hydrogens is 354 g/mol. The molecule has 0 bridgehead atoms. The first-order valence-electron chi connectivity index (χ1n) is 9.75. The van der Waals surface area contributed by atoms with E-state index in [1.165, 1.54) is 5.56 Å². The standard InChI is InChI=1S/C22H27N3O3/c1-2-25(16-17-9-4-3-5-10-17)14-8-13-23-21(26)15-20-22(27)24-18-11-6-7-12-19(18)28-20/h3-7,9-12,20H,2,8,13-16H2,1H3,(H,23,26)(H,24,27)/t20-/m0/s1. The molecule has 2 N–H and O–H groups in total. The van der Waals surface area contributed by atoms with Crippen LogP contribution < -0.4 is 15.4 Å². The Morgan fingerprint density at radius 1 is 1.14 bits per heavy atom. The van der Waals surface area contributed by atoms with Crippen molar-refractivity contribution >= 4 is 17.5 Å². The van der Waals surface area contributed by atoms with Gasteiger partial charge in [-0.3, -0.25) is 14.5 Å². The van der Waals surface area contributed by atoms with Crippen molar-refractivity contribution in [2.75, 3.05) is 25.0 Å². The lowest BCUT2D eigenvalue weighted by molar-refractivity contribution is -0.130. The van der Waals surface area contributed by atoms with Gasteiger partial charge in [-0.25, -0.2) is 0 Å². The predicted molar refractivity (Wildman–Crippen MR) is 109 cm³/mol. The Morgan fingerprint density at radius 3 is 2.68 bits per heavy atom. The zero-order valence-corrected chi connectivity index (χ0v) is 16.2. The normalized spacial score (nSPS) is 15.5. The van der Waals surface area contributed by atoms with E-state index in [9.17, 15) is 9.59 Å². The second-order valence-electron chi connectivity index (χ2n) is 6.85. The summed E-state index contributed by atoms with van der Waals surface area (Å²) in [6.45, 7) is 5.48. The summed E-state index contributed by atoms with van der Waals surface area (Å²) in [5.41, 5.74) is 1.93. The van der Waals surface area contributed by atoms with Crippen molar-refractivity contribution in [1.29, 1.82) is 0 Å². The van der Waals surface area contributed by atoms with E-state index in [-0.39, 0.29) is 18.2 Å². The van der Waals surface area contributed by atoms with E-state index in [2.05, 4.69) is 34.6 Å². The van der Waals surface area contributed by atoms with Crippen molar-refractivity contribution in [1.82, 2.24) is 10.2 Å². The van der Waals surface area contributed by atoms with Gasteiger partial charge in [-0.1, -0.05) is 49.4 Å². The number of hydrogen-bond acceptors (Lipinski definition) is 4. The predicted octanol–water partition coefficient (Wildman–Crippen LogP) is 2.80. The molecule has 0 radical (unpaired) electrons. The molecule has 1 atom stereocenters. The lowest BCUT2D eigenvalue weighted by Gasteiger charge is -2.25. The maximum absolute atomic E-state index is 12.2. The van der Waals surface area contributed by atoms with Gasteiger partial charge in [0.15, 0.2) is 6.10 Å². The number of nitrogens with one attached hydrogen (secondary N) is 2. The quantitative estimate of drug-likeness (QED) is 0.656. The number of para-hydroxylation sites is 2. The first-order chi connectivity index (χ1) is 13.7. The Kier molecular flexibility index (Phi) is 7.03. The first-order valence-corrected chi connectivity index (χ1v) is 9.75. The highest BCUT2D eigenvalue weighted by Gasteiger charge is 2.29. The molecule has 1 aliphatic rings. The van der Waals surface area contributed by atoms with Crippen molar-refractivity contribution in [2.24, 2.45) is 0 Å². The Balaban J connectivity index is 1.38. The van der Waals surface area contributed by atoms with Gasteiger partial charge in [-0.15, -0.1) is 0 Å². The highest BCUT2D eigenvalue weighted by molar-refractivity contribution is 5.99. The maximum Gasteiger partial charge on any atom is 0.266 e. The summed E-state index contributed by atoms with van der Waals surface area (Å²) in [6, 6.07) is 17.6. The van der Waals surface area contributed by atoms with Crippen molar-refractivity contribution in [3.05, 3.63) is 60.2 Å². The Bertz CT molecular complexity index is 795. The van der Waals surface area contributed by atoms with Crippen molar-refractivity contribution in [2.45, 2.75) is 32.4 Å². The molecule has 0 saturated heterocycles. The first kappa shape index (κ1) is 19.9. The van der Waals surface area contributed by atoms with Crippen LogP contribution >= 0.6 is 0 Å². The van der Waals surface area contributed by atoms with Gasteiger partial charge in [-0.05, 0) is 30.7 Å². The molecule has 0 aliphatic carbocycles. The average molecular weight is 381 g/mol. The Hall–Kier alpha value is -2.86. The van der Waals surface area contributed by atoms with Crippen LogP contribution in [0.2, 0.25) is 0 Å². The fourth-order valence-electron chi connectivity index (χ4n) is 3.19. The van der Waals surface area contributed by atoms with Crippen LogP contribution in [0.3, 0.4) is 0 Å². The molecule has 148 valence electrons. The van der Waals surface area contributed by atoms with Crippen LogP contribution in [0, 0.1) is 0 Å². The van der Waals surface area contributed by atoms with Gasteiger partial charge in [0, 0.05) is 19.6 Å². The van der Waals surface area contributed by atoms with Gasteiger partial charge in [0.1, 0.15) is 5.75 Å². The summed E-state index contributed by atoms with van der Waals surface area (Å²) < 4.78 is 5.66. The molecule has 2 aromatic carbocycles. The van der Waals surface area contributed by atoms with E-state index in [4.69, 9.17) is 4.74 Å². The molecule has 0 saturated carbocycles. The molecule has 1 aliphatic heterocycles. The average Bonchev–Trinajstić information content (AvgIpc) is 2.71. The molecule has 0 unspecified atom stereocenters. The number of hydrogen-bond donors (Lipinski definition) is 2. The van der Waals surface area contributed by atoms with Gasteiger partial charge in [0.25, 0.3) is 5.91 Å². The minimum Gasteiger partial charge on any atom is -0.478 e. The lowest BCUT2D eigenvalue weighted by Crippen LogP contribution is -2.41. The SMILES string of the molecule is CCN(CCCNC(=O)C[C@@H]1Oc2ccccc2NC1=O)Cc1ccccc1. The van der Waals surface area contributed by atoms with Gasteiger partial charge < -0.3 is 15.4 Å². The molecule has 3 rings (SSSR count). The van der Waals surface area contributed by atoms with E-state index in [0.29, 0.717) is 18.0 Å². The summed E-state index contributed by atoms with van der Waals surface area (Å²) in [4.78, 5) is 26.6. The second-order valence-corrected chi connectivity index (χ2v) is 6.85. The third-order valence-corrected chi connectivity index (χ3v) is 4.75. The van der Waals surface area contributed by atoms with Crippen molar-refractivity contribution in [3.8, 4) is 5.75 Å². The van der Waals surface area contributed by atoms with Gasteiger partial charge in [-0.2, -0.15) is 0 Å². The number of ether oxygens (including phenoxy) is 1. The number of rotatable bonds is 9. The van der Waals surface area contributed by atoms with E-state index in [0.717, 1.165) is 26.1 Å². The van der Waals surface area contributed by atoms with Crippen molar-refractivity contribution in [3.63, 3.8) is 0 Å². The minimum atomic E-state index is -0.792. The van der Waals surface area contributed by atoms with E-state index < -0.39 is 6.10 Å². The second kappa shape index (κ2) is 9.90. The Morgan fingerprint density at radius 2 is 1.89 bits per heavy atom. The van der Waals surface area contributed by atoms with Crippen LogP contribution in [0.4, 0.5) is 5.69 Å². The fraction of sp³-hybridized carbons (Fsp3) is 0.364. The molecule has 6 nitrogen and oxygen atoms in total. The zero-order valence-electron chi connectivity index (χ0n) is 16.2. The summed E-state index contributed by atoms with van der Waals surface area (Å²) in [5.74, 6) is 0.138. The van der Waals surface area contributed by atoms with Gasteiger partial charge in [0.05, 0.1) is 12.1 Å². The van der Waals surface area contributed by atoms with Crippen LogP contribution in [-0.4, -0.2) is 42.5 Å². The number of carbonyl (C=O) groups excluding carboxylic acids is 2.